The van der Waals surface area contributed by atoms with Crippen molar-refractivity contribution in [3.8, 4) is 0 Å². The van der Waals surface area contributed by atoms with Crippen LogP contribution in [0.5, 0.6) is 0 Å². The van der Waals surface area contributed by atoms with Crippen molar-refractivity contribution in [3.05, 3.63) is 127 Å². The maximum absolute atomic E-state index is 13.8. The minimum absolute atomic E-state index is 0.0163. The zero-order valence-electron chi connectivity index (χ0n) is 38.7. The molecule has 0 unspecified atom stereocenters. The molecule has 61 heavy (non-hydrogen) atoms. The Hall–Kier alpha value is -4.58. The van der Waals surface area contributed by atoms with Crippen molar-refractivity contribution in [1.82, 2.24) is 9.97 Å². The fourth-order valence-electron chi connectivity index (χ4n) is 6.56. The molecule has 1 fully saturated rings. The standard InChI is InChI=1S/C50H70N2O8Si/c1-14-24-36(4)49(8,9)41-29-20-18-16-17-19-26-35(3)32-45-52-38(34-56-45)47(54)59-42(50(10,11)43(25-15-2)60-61(12,13)48(5,6)7)30-23-28-40-39(57-40)27-21-22-31-44-51-37(33-55-44)46(53)58-41/h14-28,31,33-36,39-43H,29-30,32H2,1-13H3/b17-16-,20-18-,24-14+,25-15+,26-19+,27-21+,28-23-,31-22-/t35-,36-,39-,40+,41-,42-,43-/m0/s1. The van der Waals surface area contributed by atoms with Crippen LogP contribution in [-0.2, 0) is 25.1 Å². The van der Waals surface area contributed by atoms with Gasteiger partial charge < -0.3 is 27.5 Å². The Kier molecular flexibility index (Phi) is 17.3. The van der Waals surface area contributed by atoms with Crippen molar-refractivity contribution in [2.24, 2.45) is 22.7 Å². The average Bonchev–Trinajstić information content (AvgIpc) is 3.49. The Labute approximate surface area is 365 Å². The van der Waals surface area contributed by atoms with Gasteiger partial charge in [0, 0.05) is 36.2 Å². The lowest BCUT2D eigenvalue weighted by Gasteiger charge is -2.45. The lowest BCUT2D eigenvalue weighted by atomic mass is 9.74. The Bertz CT molecular complexity index is 2000. The van der Waals surface area contributed by atoms with Gasteiger partial charge in [-0.3, -0.25) is 0 Å². The number of cyclic esters (lactones) is 2. The van der Waals surface area contributed by atoms with E-state index < -0.39 is 37.9 Å². The molecule has 4 bridgehead atoms. The first-order valence-corrected chi connectivity index (χ1v) is 24.5. The number of nitrogens with zero attached hydrogens (tertiary/aromatic N) is 2. The van der Waals surface area contributed by atoms with E-state index in [2.05, 4.69) is 104 Å². The van der Waals surface area contributed by atoms with Gasteiger partial charge in [0.05, 0.1) is 6.10 Å². The summed E-state index contributed by atoms with van der Waals surface area (Å²) in [5, 5.41) is -0.0163. The molecule has 0 saturated carbocycles. The van der Waals surface area contributed by atoms with E-state index in [0.29, 0.717) is 25.2 Å². The molecular weight excluding hydrogens is 785 g/mol. The lowest BCUT2D eigenvalue weighted by molar-refractivity contribution is -0.0420. The van der Waals surface area contributed by atoms with E-state index >= 15 is 0 Å². The Morgan fingerprint density at radius 1 is 0.738 bits per heavy atom. The average molecular weight is 855 g/mol. The highest BCUT2D eigenvalue weighted by molar-refractivity contribution is 6.74. The van der Waals surface area contributed by atoms with E-state index in [-0.39, 0.29) is 57.9 Å². The fraction of sp³-hybridized carbons (Fsp3) is 0.520. The SMILES string of the molecule is C/C=C/[C@H](O[Si](C)(C)C(C)(C)C)C(C)(C)[C@@H]1C/C=C\[C@H]2O[C@H]2/C=C/C=C\c2nc(co2)C(=O)O[C@H](C(C)(C)[C@@H](C)/C=C/C)C\C=C/C=C\C=C\[C@H](C)Cc2nc(co2)C(=O)O1. The van der Waals surface area contributed by atoms with Gasteiger partial charge in [-0.2, -0.15) is 0 Å². The van der Waals surface area contributed by atoms with E-state index in [1.165, 1.54) is 12.5 Å². The van der Waals surface area contributed by atoms with E-state index in [1.54, 1.807) is 12.2 Å². The van der Waals surface area contributed by atoms with Gasteiger partial charge in [-0.05, 0) is 43.8 Å². The molecule has 0 radical (unpaired) electrons. The zero-order chi connectivity index (χ0) is 45.0. The largest absolute Gasteiger partial charge is 0.457 e. The number of oxazole rings is 2. The summed E-state index contributed by atoms with van der Waals surface area (Å²) in [5.74, 6) is -0.124. The first-order chi connectivity index (χ1) is 28.7. The predicted octanol–water partition coefficient (Wildman–Crippen LogP) is 12.2. The van der Waals surface area contributed by atoms with Crippen LogP contribution in [0.2, 0.25) is 18.1 Å². The topological polar surface area (TPSA) is 126 Å². The number of allylic oxidation sites excluding steroid dienone is 10. The van der Waals surface area contributed by atoms with Crippen molar-refractivity contribution < 1.29 is 37.1 Å². The van der Waals surface area contributed by atoms with E-state index in [1.807, 2.05) is 80.7 Å². The highest BCUT2D eigenvalue weighted by atomic mass is 28.4. The highest BCUT2D eigenvalue weighted by Crippen LogP contribution is 2.42. The van der Waals surface area contributed by atoms with Crippen molar-refractivity contribution in [1.29, 1.82) is 0 Å². The van der Waals surface area contributed by atoms with Crippen LogP contribution in [0.25, 0.3) is 6.08 Å². The third kappa shape index (κ3) is 14.0. The van der Waals surface area contributed by atoms with Crippen molar-refractivity contribution in [2.45, 2.75) is 144 Å². The normalized spacial score (nSPS) is 27.3. The molecule has 2 aromatic heterocycles. The molecule has 0 amide bonds. The van der Waals surface area contributed by atoms with Crippen LogP contribution >= 0.6 is 0 Å². The van der Waals surface area contributed by atoms with Crippen LogP contribution in [0.3, 0.4) is 0 Å². The second-order valence-corrected chi connectivity index (χ2v) is 23.6. The van der Waals surface area contributed by atoms with Crippen molar-refractivity contribution in [3.63, 3.8) is 0 Å². The highest BCUT2D eigenvalue weighted by Gasteiger charge is 2.46. The van der Waals surface area contributed by atoms with Gasteiger partial charge in [0.2, 0.25) is 5.89 Å². The van der Waals surface area contributed by atoms with Crippen LogP contribution in [0.15, 0.2) is 113 Å². The van der Waals surface area contributed by atoms with Crippen LogP contribution in [0.1, 0.15) is 122 Å². The molecular formula is C50H70N2O8Si. The molecule has 0 aliphatic carbocycles. The number of esters is 2. The number of hydrogen-bond donors (Lipinski definition) is 0. The first kappa shape index (κ1) is 49.1. The van der Waals surface area contributed by atoms with E-state index in [9.17, 15) is 9.59 Å². The number of epoxide rings is 1. The molecule has 2 aliphatic rings. The Morgan fingerprint density at radius 3 is 2.00 bits per heavy atom. The second kappa shape index (κ2) is 21.5. The minimum Gasteiger partial charge on any atom is -0.457 e. The van der Waals surface area contributed by atoms with Gasteiger partial charge in [-0.1, -0.05) is 153 Å². The van der Waals surface area contributed by atoms with Gasteiger partial charge in [-0.15, -0.1) is 0 Å². The summed E-state index contributed by atoms with van der Waals surface area (Å²) in [6.45, 7) is 27.7. The van der Waals surface area contributed by atoms with Crippen molar-refractivity contribution in [2.75, 3.05) is 0 Å². The quantitative estimate of drug-likeness (QED) is 0.110. The molecule has 7 atom stereocenters. The molecule has 1 saturated heterocycles. The smallest absolute Gasteiger partial charge is 0.360 e. The number of carbonyl (C=O) groups excluding carboxylic acids is 2. The van der Waals surface area contributed by atoms with Gasteiger partial charge in [-0.25, -0.2) is 19.6 Å². The summed E-state index contributed by atoms with van der Waals surface area (Å²) in [7, 11) is -2.21. The van der Waals surface area contributed by atoms with Crippen LogP contribution in [0.4, 0.5) is 0 Å². The summed E-state index contributed by atoms with van der Waals surface area (Å²) in [4.78, 5) is 36.1. The first-order valence-electron chi connectivity index (χ1n) is 21.6. The fourth-order valence-corrected chi connectivity index (χ4v) is 7.93. The molecule has 4 rings (SSSR count). The zero-order valence-corrected chi connectivity index (χ0v) is 39.7. The molecule has 2 aliphatic heterocycles. The minimum atomic E-state index is -2.21. The molecule has 2 aromatic rings. The maximum atomic E-state index is 13.8. The molecule has 332 valence electrons. The maximum Gasteiger partial charge on any atom is 0.360 e. The Balaban J connectivity index is 1.61. The van der Waals surface area contributed by atoms with E-state index in [0.717, 1.165) is 0 Å². The number of rotatable bonds is 8. The van der Waals surface area contributed by atoms with Gasteiger partial charge in [0.25, 0.3) is 0 Å². The predicted molar refractivity (Wildman–Crippen MR) is 245 cm³/mol. The van der Waals surface area contributed by atoms with Crippen LogP contribution in [0, 0.1) is 22.7 Å². The molecule has 11 heteroatoms. The molecule has 0 N–H and O–H groups in total. The number of carbonyl (C=O) groups is 2. The molecule has 0 spiro atoms. The van der Waals surface area contributed by atoms with Gasteiger partial charge in [0.1, 0.15) is 36.9 Å². The molecule has 10 nitrogen and oxygen atoms in total. The molecule has 4 heterocycles. The van der Waals surface area contributed by atoms with E-state index in [4.69, 9.17) is 27.5 Å². The number of ether oxygens (including phenoxy) is 3. The van der Waals surface area contributed by atoms with Crippen LogP contribution < -0.4 is 0 Å². The Morgan fingerprint density at radius 2 is 1.33 bits per heavy atom. The summed E-state index contributed by atoms with van der Waals surface area (Å²) in [6, 6.07) is 0. The van der Waals surface area contributed by atoms with Crippen molar-refractivity contribution >= 4 is 26.3 Å². The third-order valence-electron chi connectivity index (χ3n) is 12.3. The summed E-state index contributed by atoms with van der Waals surface area (Å²) in [5.41, 5.74) is -0.754. The summed E-state index contributed by atoms with van der Waals surface area (Å²) >= 11 is 0. The number of fused-ring (bicyclic) bond motifs is 5. The third-order valence-corrected chi connectivity index (χ3v) is 16.7. The van der Waals surface area contributed by atoms with Gasteiger partial charge in [0.15, 0.2) is 25.6 Å². The summed E-state index contributed by atoms with van der Waals surface area (Å²) < 4.78 is 36.7. The van der Waals surface area contributed by atoms with Gasteiger partial charge >= 0.3 is 11.9 Å². The number of aromatic nitrogens is 2. The second-order valence-electron chi connectivity index (χ2n) is 18.9. The monoisotopic (exact) mass is 854 g/mol. The van der Waals surface area contributed by atoms with Crippen LogP contribution in [-0.4, -0.2) is 60.7 Å². The molecule has 0 aromatic carbocycles. The summed E-state index contributed by atoms with van der Waals surface area (Å²) in [6.07, 6.45) is 33.9. The lowest BCUT2D eigenvalue weighted by Crippen LogP contribution is -2.51. The number of hydrogen-bond acceptors (Lipinski definition) is 10.